The predicted molar refractivity (Wildman–Crippen MR) is 411 cm³/mol. The molecule has 0 aromatic carbocycles. The van der Waals surface area contributed by atoms with Gasteiger partial charge >= 0.3 is 8.80 Å². The molecule has 0 spiro atoms. The van der Waals surface area contributed by atoms with E-state index in [1.54, 1.807) is 0 Å². The Morgan fingerprint density at radius 3 is 0.643 bits per heavy atom. The fraction of sp³-hybridized carbons (Fsp3) is 0.963. The second-order valence-corrected chi connectivity index (χ2v) is 33.8. The lowest BCUT2D eigenvalue weighted by atomic mass is 10.0. The normalized spacial score (nSPS) is 12.5. The number of aliphatic hydroxyl groups is 6. The zero-order valence-electron chi connectivity index (χ0n) is 65.4. The van der Waals surface area contributed by atoms with E-state index in [9.17, 15) is 45.0 Å². The molecule has 0 fully saturated rings. The van der Waals surface area contributed by atoms with Gasteiger partial charge in [-0.2, -0.15) is 0 Å². The van der Waals surface area contributed by atoms with Gasteiger partial charge < -0.3 is 64.4 Å². The van der Waals surface area contributed by atoms with Gasteiger partial charge in [0.2, 0.25) is 17.7 Å². The molecule has 0 unspecified atom stereocenters. The van der Waals surface area contributed by atoms with Crippen LogP contribution in [-0.4, -0.2) is 165 Å². The molecule has 0 aliphatic heterocycles. The van der Waals surface area contributed by atoms with Gasteiger partial charge in [-0.05, 0) is 32.1 Å². The van der Waals surface area contributed by atoms with Crippen molar-refractivity contribution in [2.24, 2.45) is 0 Å². The van der Waals surface area contributed by atoms with Gasteiger partial charge in [-0.1, -0.05) is 336 Å². The number of aliphatic hydroxyl groups excluding tert-OH is 6. The number of nitrogens with zero attached hydrogens (tertiary/aromatic N) is 1. The second kappa shape index (κ2) is 67.1. The van der Waals surface area contributed by atoms with E-state index in [2.05, 4.69) is 57.7 Å². The predicted octanol–water partition coefficient (Wildman–Crippen LogP) is 17.9. The highest BCUT2D eigenvalue weighted by atomic mass is 28.4. The maximum Gasteiger partial charge on any atom is 0.501 e. The molecule has 0 rings (SSSR count). The SMILES string of the molecule is CCCCCCCCCCCCCCCCCC(=O)NC(CO)(CO)CO[Si](CCC[N+](C)(C)CCCCCCCCCC)(OCC(CO)(CO)NC(=O)CCCCCCCCCCCCCCCCC)OCC(CO)(CO)NC(=O)CCCCCCCCCCCCCCCCC. The van der Waals surface area contributed by atoms with Crippen LogP contribution in [0.3, 0.4) is 0 Å². The minimum atomic E-state index is -4.36. The summed E-state index contributed by atoms with van der Waals surface area (Å²) in [5.74, 6) is -1.06. The van der Waals surface area contributed by atoms with Crippen LogP contribution in [0.1, 0.15) is 394 Å². The van der Waals surface area contributed by atoms with E-state index in [0.717, 1.165) is 77.2 Å². The first-order valence-corrected chi connectivity index (χ1v) is 43.9. The van der Waals surface area contributed by atoms with E-state index in [-0.39, 0.29) is 43.0 Å². The van der Waals surface area contributed by atoms with Gasteiger partial charge in [0.15, 0.2) is 0 Å². The Balaban J connectivity index is 6.56. The molecule has 0 aliphatic carbocycles. The Bertz CT molecular complexity index is 1590. The van der Waals surface area contributed by atoms with Crippen LogP contribution in [0.15, 0.2) is 0 Å². The molecule has 17 heteroatoms. The van der Waals surface area contributed by atoms with Gasteiger partial charge in [0.25, 0.3) is 0 Å². The highest BCUT2D eigenvalue weighted by Crippen LogP contribution is 2.27. The molecule has 98 heavy (non-hydrogen) atoms. The monoisotopic (exact) mass is 1410 g/mol. The Kier molecular flexibility index (Phi) is 65.9. The number of carbonyl (C=O) groups is 3. The fourth-order valence-electron chi connectivity index (χ4n) is 13.4. The van der Waals surface area contributed by atoms with E-state index in [4.69, 9.17) is 13.3 Å². The lowest BCUT2D eigenvalue weighted by Gasteiger charge is -2.41. The van der Waals surface area contributed by atoms with Gasteiger partial charge in [0.1, 0.15) is 16.6 Å². The minimum absolute atomic E-state index is 0.117. The summed E-state index contributed by atoms with van der Waals surface area (Å²) < 4.78 is 21.3. The van der Waals surface area contributed by atoms with Crippen molar-refractivity contribution in [3.63, 3.8) is 0 Å². The second-order valence-electron chi connectivity index (χ2n) is 31.0. The van der Waals surface area contributed by atoms with E-state index in [0.29, 0.717) is 36.7 Å². The molecule has 0 atom stereocenters. The molecule has 584 valence electrons. The molecule has 0 aromatic heterocycles. The molecule has 0 aromatic rings. The van der Waals surface area contributed by atoms with Crippen LogP contribution < -0.4 is 16.0 Å². The summed E-state index contributed by atoms with van der Waals surface area (Å²) in [5.41, 5.74) is -5.08. The van der Waals surface area contributed by atoms with Crippen molar-refractivity contribution < 1.29 is 62.8 Å². The standard InChI is InChI=1S/C81H164N4O12Si/c1-7-11-15-19-23-27-30-33-36-39-42-45-48-52-56-61-76(92)82-79(67-86,68-87)73-95-98(66-60-65-85(5,6)64-59-55-51-26-22-18-14-10-4,96-74-80(69-88,70-89)83-77(93)62-57-53-49-46-43-40-37-34-31-28-24-20-16-12-8-2)97-75-81(71-90,72-91)84-78(94)63-58-54-50-47-44-41-38-35-32-29-25-21-17-13-9-3/h86-91H,7-75H2,1-6H3,(H2-,82,83,84,92,93,94)/p+1. The topological polar surface area (TPSA) is 236 Å². The zero-order valence-corrected chi connectivity index (χ0v) is 66.4. The van der Waals surface area contributed by atoms with Crippen LogP contribution >= 0.6 is 0 Å². The van der Waals surface area contributed by atoms with Gasteiger partial charge in [-0.15, -0.1) is 0 Å². The third-order valence-electron chi connectivity index (χ3n) is 20.6. The number of hydrogen-bond acceptors (Lipinski definition) is 12. The Morgan fingerprint density at radius 1 is 0.276 bits per heavy atom. The maximum atomic E-state index is 13.8. The molecule has 0 saturated heterocycles. The smallest absolute Gasteiger partial charge is 0.394 e. The average molecular weight is 1420 g/mol. The molecule has 0 saturated carbocycles. The molecule has 16 nitrogen and oxygen atoms in total. The van der Waals surface area contributed by atoms with Crippen molar-refractivity contribution in [2.75, 3.05) is 86.6 Å². The van der Waals surface area contributed by atoms with Crippen LogP contribution in [0.4, 0.5) is 0 Å². The van der Waals surface area contributed by atoms with Gasteiger partial charge in [-0.3, -0.25) is 14.4 Å². The Labute approximate surface area is 605 Å². The first-order chi connectivity index (χ1) is 47.6. The highest BCUT2D eigenvalue weighted by Gasteiger charge is 2.49. The maximum absolute atomic E-state index is 13.8. The van der Waals surface area contributed by atoms with Gasteiger partial charge in [-0.25, -0.2) is 0 Å². The quantitative estimate of drug-likeness (QED) is 0.0157. The number of quaternary nitrogens is 1. The average Bonchev–Trinajstić information content (AvgIpc) is 0.910. The number of rotatable bonds is 79. The summed E-state index contributed by atoms with van der Waals surface area (Å²) in [7, 11) is -0.00109. The summed E-state index contributed by atoms with van der Waals surface area (Å²) in [6, 6.07) is 0.117. The molecular weight excluding hydrogens is 1250 g/mol. The van der Waals surface area contributed by atoms with Crippen LogP contribution in [0.5, 0.6) is 0 Å². The number of nitrogens with one attached hydrogen (secondary N) is 3. The summed E-state index contributed by atoms with van der Waals surface area (Å²) >= 11 is 0. The third kappa shape index (κ3) is 54.8. The first-order valence-electron chi connectivity index (χ1n) is 41.9. The van der Waals surface area contributed by atoms with Crippen molar-refractivity contribution in [3.05, 3.63) is 0 Å². The molecule has 3 amide bonds. The first kappa shape index (κ1) is 96.2. The van der Waals surface area contributed by atoms with E-state index < -0.39 is 84.9 Å². The molecule has 0 aliphatic rings. The number of unbranched alkanes of at least 4 members (excludes halogenated alkanes) is 49. The third-order valence-corrected chi connectivity index (χ3v) is 23.3. The van der Waals surface area contributed by atoms with Gasteiger partial charge in [0, 0.05) is 31.7 Å². The van der Waals surface area contributed by atoms with Crippen molar-refractivity contribution in [1.29, 1.82) is 0 Å². The van der Waals surface area contributed by atoms with Crippen LogP contribution in [0.2, 0.25) is 6.04 Å². The van der Waals surface area contributed by atoms with Gasteiger partial charge in [0.05, 0.1) is 86.6 Å². The molecule has 0 radical (unpaired) electrons. The highest BCUT2D eigenvalue weighted by molar-refractivity contribution is 6.60. The van der Waals surface area contributed by atoms with E-state index in [1.807, 2.05) is 0 Å². The summed E-state index contributed by atoms with van der Waals surface area (Å²) in [6.07, 6.45) is 64.4. The lowest BCUT2D eigenvalue weighted by molar-refractivity contribution is -0.890. The zero-order chi connectivity index (χ0) is 72.3. The summed E-state index contributed by atoms with van der Waals surface area (Å²) in [6.45, 7) is 5.00. The number of hydrogen-bond donors (Lipinski definition) is 9. The van der Waals surface area contributed by atoms with Crippen LogP contribution in [-0.2, 0) is 27.7 Å². The minimum Gasteiger partial charge on any atom is -0.394 e. The summed E-state index contributed by atoms with van der Waals surface area (Å²) in [5, 5.41) is 75.4. The van der Waals surface area contributed by atoms with Crippen LogP contribution in [0.25, 0.3) is 0 Å². The van der Waals surface area contributed by atoms with Crippen molar-refractivity contribution in [2.45, 2.75) is 416 Å². The molecular formula is C81H165N4O12Si+. The number of carbonyl (C=O) groups excluding carboxylic acids is 3. The van der Waals surface area contributed by atoms with Crippen LogP contribution in [0, 0.1) is 0 Å². The largest absolute Gasteiger partial charge is 0.501 e. The lowest BCUT2D eigenvalue weighted by Crippen LogP contribution is -2.64. The Hall–Kier alpha value is -1.77. The number of amides is 3. The van der Waals surface area contributed by atoms with Crippen molar-refractivity contribution in [1.82, 2.24) is 16.0 Å². The van der Waals surface area contributed by atoms with E-state index >= 15 is 0 Å². The molecule has 9 N–H and O–H groups in total. The molecule has 0 bridgehead atoms. The van der Waals surface area contributed by atoms with Crippen molar-refractivity contribution in [3.8, 4) is 0 Å². The molecule has 0 heterocycles. The summed E-state index contributed by atoms with van der Waals surface area (Å²) in [4.78, 5) is 41.4. The fourth-order valence-corrected chi connectivity index (χ4v) is 16.2. The van der Waals surface area contributed by atoms with Crippen molar-refractivity contribution >= 4 is 26.5 Å². The Morgan fingerprint density at radius 2 is 0.449 bits per heavy atom. The van der Waals surface area contributed by atoms with E-state index in [1.165, 1.54) is 250 Å².